The predicted molar refractivity (Wildman–Crippen MR) is 108 cm³/mol. The fourth-order valence-electron chi connectivity index (χ4n) is 3.01. The molecule has 1 heterocycles. The third kappa shape index (κ3) is 3.40. The number of carbonyl (C=O) groups is 2. The van der Waals surface area contributed by atoms with Crippen LogP contribution in [0.25, 0.3) is 5.69 Å². The first-order valence-corrected chi connectivity index (χ1v) is 9.00. The maximum absolute atomic E-state index is 13.1. The van der Waals surface area contributed by atoms with Crippen LogP contribution in [-0.2, 0) is 0 Å². The molecule has 136 valence electrons. The molecule has 0 bridgehead atoms. The smallest absolute Gasteiger partial charge is 0.213 e. The lowest BCUT2D eigenvalue weighted by Gasteiger charge is -2.06. The van der Waals surface area contributed by atoms with Crippen LogP contribution in [0.4, 0.5) is 0 Å². The highest BCUT2D eigenvalue weighted by Gasteiger charge is 2.22. The van der Waals surface area contributed by atoms with E-state index in [0.717, 1.165) is 11.3 Å². The Hall–Kier alpha value is -3.79. The van der Waals surface area contributed by atoms with Crippen molar-refractivity contribution in [3.63, 3.8) is 0 Å². The van der Waals surface area contributed by atoms with Crippen molar-refractivity contribution in [3.05, 3.63) is 119 Å². The Kier molecular flexibility index (Phi) is 4.68. The van der Waals surface area contributed by atoms with E-state index < -0.39 is 0 Å². The average molecular weight is 366 g/mol. The lowest BCUT2D eigenvalue weighted by atomic mass is 10.0. The van der Waals surface area contributed by atoms with Crippen molar-refractivity contribution >= 4 is 11.6 Å². The lowest BCUT2D eigenvalue weighted by molar-refractivity contribution is 0.102. The minimum Gasteiger partial charge on any atom is -0.287 e. The van der Waals surface area contributed by atoms with E-state index in [-0.39, 0.29) is 17.3 Å². The summed E-state index contributed by atoms with van der Waals surface area (Å²) in [6.07, 6.45) is 0. The van der Waals surface area contributed by atoms with Gasteiger partial charge in [-0.3, -0.25) is 9.59 Å². The van der Waals surface area contributed by atoms with Crippen LogP contribution < -0.4 is 0 Å². The van der Waals surface area contributed by atoms with E-state index in [0.29, 0.717) is 16.8 Å². The van der Waals surface area contributed by atoms with E-state index in [1.807, 2.05) is 67.6 Å². The third-order valence-electron chi connectivity index (χ3n) is 4.53. The monoisotopic (exact) mass is 366 g/mol. The van der Waals surface area contributed by atoms with Crippen molar-refractivity contribution in [3.8, 4) is 5.69 Å². The van der Waals surface area contributed by atoms with Crippen LogP contribution in [-0.4, -0.2) is 21.3 Å². The zero-order valence-corrected chi connectivity index (χ0v) is 15.4. The second-order valence-corrected chi connectivity index (χ2v) is 6.55. The molecule has 0 spiro atoms. The van der Waals surface area contributed by atoms with E-state index in [1.165, 1.54) is 4.68 Å². The Bertz CT molecular complexity index is 1130. The van der Waals surface area contributed by atoms with Gasteiger partial charge in [-0.05, 0) is 25.1 Å². The summed E-state index contributed by atoms with van der Waals surface area (Å²) < 4.78 is 1.54. The Morgan fingerprint density at radius 2 is 1.29 bits per heavy atom. The second-order valence-electron chi connectivity index (χ2n) is 6.55. The van der Waals surface area contributed by atoms with Crippen molar-refractivity contribution in [2.75, 3.05) is 0 Å². The molecule has 0 aliphatic carbocycles. The highest BCUT2D eigenvalue weighted by molar-refractivity contribution is 6.12. The van der Waals surface area contributed by atoms with Gasteiger partial charge in [0.05, 0.1) is 5.69 Å². The molecule has 0 saturated heterocycles. The summed E-state index contributed by atoms with van der Waals surface area (Å²) in [6.45, 7) is 1.97. The molecule has 4 heteroatoms. The van der Waals surface area contributed by atoms with Gasteiger partial charge in [-0.15, -0.1) is 0 Å². The number of nitrogens with zero attached hydrogens (tertiary/aromatic N) is 2. The maximum atomic E-state index is 13.1. The van der Waals surface area contributed by atoms with Crippen LogP contribution in [0.1, 0.15) is 37.7 Å². The van der Waals surface area contributed by atoms with Crippen LogP contribution >= 0.6 is 0 Å². The molecule has 4 rings (SSSR count). The molecule has 0 aliphatic rings. The molecule has 28 heavy (non-hydrogen) atoms. The summed E-state index contributed by atoms with van der Waals surface area (Å²) in [4.78, 5) is 26.0. The summed E-state index contributed by atoms with van der Waals surface area (Å²) in [5.41, 5.74) is 3.49. The van der Waals surface area contributed by atoms with Crippen molar-refractivity contribution in [2.24, 2.45) is 0 Å². The molecule has 4 aromatic rings. The number of benzene rings is 3. The van der Waals surface area contributed by atoms with Gasteiger partial charge in [0.2, 0.25) is 11.6 Å². The molecule has 3 aromatic carbocycles. The maximum Gasteiger partial charge on any atom is 0.213 e. The Balaban J connectivity index is 1.81. The molecule has 0 aliphatic heterocycles. The first-order chi connectivity index (χ1) is 13.6. The number of aromatic nitrogens is 2. The lowest BCUT2D eigenvalue weighted by Crippen LogP contribution is -2.10. The number of rotatable bonds is 5. The van der Waals surface area contributed by atoms with Gasteiger partial charge in [0.1, 0.15) is 11.4 Å². The number of ketones is 2. The number of para-hydroxylation sites is 1. The number of carbonyl (C=O) groups excluding carboxylic acids is 2. The van der Waals surface area contributed by atoms with Crippen molar-refractivity contribution < 1.29 is 9.59 Å². The third-order valence-corrected chi connectivity index (χ3v) is 4.53. The standard InChI is InChI=1S/C24H18N2O2/c1-17-12-14-19(15-13-17)23(27)21-16-22(24(28)18-8-4-2-5-9-18)26(25-21)20-10-6-3-7-11-20/h2-16H,1H3. The minimum absolute atomic E-state index is 0.181. The van der Waals surface area contributed by atoms with Gasteiger partial charge >= 0.3 is 0 Å². The molecule has 0 atom stereocenters. The summed E-state index contributed by atoms with van der Waals surface area (Å²) in [7, 11) is 0. The number of hydrogen-bond acceptors (Lipinski definition) is 3. The van der Waals surface area contributed by atoms with Gasteiger partial charge in [0.25, 0.3) is 0 Å². The molecule has 0 amide bonds. The van der Waals surface area contributed by atoms with Crippen LogP contribution in [0, 0.1) is 6.92 Å². The average Bonchev–Trinajstić information content (AvgIpc) is 3.20. The summed E-state index contributed by atoms with van der Waals surface area (Å²) in [6, 6.07) is 27.2. The molecule has 0 saturated carbocycles. The van der Waals surface area contributed by atoms with Gasteiger partial charge in [-0.1, -0.05) is 78.4 Å². The first kappa shape index (κ1) is 17.6. The molecule has 0 N–H and O–H groups in total. The normalized spacial score (nSPS) is 10.6. The summed E-state index contributed by atoms with van der Waals surface area (Å²) >= 11 is 0. The topological polar surface area (TPSA) is 52.0 Å². The molecule has 0 unspecified atom stereocenters. The van der Waals surface area contributed by atoms with Crippen molar-refractivity contribution in [1.29, 1.82) is 0 Å². The minimum atomic E-state index is -0.211. The van der Waals surface area contributed by atoms with E-state index in [1.54, 1.807) is 30.3 Å². The zero-order valence-electron chi connectivity index (χ0n) is 15.4. The predicted octanol–water partition coefficient (Wildman–Crippen LogP) is 4.64. The second kappa shape index (κ2) is 7.45. The SMILES string of the molecule is Cc1ccc(C(=O)c2cc(C(=O)c3ccccc3)n(-c3ccccc3)n2)cc1. The Labute approximate surface area is 163 Å². The molecule has 0 fully saturated rings. The van der Waals surface area contributed by atoms with Gasteiger partial charge in [0, 0.05) is 11.1 Å². The van der Waals surface area contributed by atoms with Crippen LogP contribution in [0.2, 0.25) is 0 Å². The quantitative estimate of drug-likeness (QED) is 0.483. The molecule has 0 radical (unpaired) electrons. The fraction of sp³-hybridized carbons (Fsp3) is 0.0417. The number of aryl methyl sites for hydroxylation is 1. The van der Waals surface area contributed by atoms with Crippen LogP contribution in [0.3, 0.4) is 0 Å². The first-order valence-electron chi connectivity index (χ1n) is 9.00. The van der Waals surface area contributed by atoms with Gasteiger partial charge in [0.15, 0.2) is 0 Å². The van der Waals surface area contributed by atoms with E-state index >= 15 is 0 Å². The van der Waals surface area contributed by atoms with Gasteiger partial charge in [-0.2, -0.15) is 5.10 Å². The largest absolute Gasteiger partial charge is 0.287 e. The van der Waals surface area contributed by atoms with Crippen LogP contribution in [0.5, 0.6) is 0 Å². The van der Waals surface area contributed by atoms with Gasteiger partial charge in [-0.25, -0.2) is 4.68 Å². The van der Waals surface area contributed by atoms with Crippen molar-refractivity contribution in [1.82, 2.24) is 9.78 Å². The van der Waals surface area contributed by atoms with Crippen LogP contribution in [0.15, 0.2) is 91.0 Å². The van der Waals surface area contributed by atoms with Gasteiger partial charge < -0.3 is 0 Å². The Morgan fingerprint density at radius 3 is 1.93 bits per heavy atom. The fourth-order valence-corrected chi connectivity index (χ4v) is 3.01. The summed E-state index contributed by atoms with van der Waals surface area (Å²) in [5, 5.41) is 4.47. The number of hydrogen-bond donors (Lipinski definition) is 0. The zero-order chi connectivity index (χ0) is 19.5. The highest BCUT2D eigenvalue weighted by Crippen LogP contribution is 2.19. The summed E-state index contributed by atoms with van der Waals surface area (Å²) in [5.74, 6) is -0.392. The molecular formula is C24H18N2O2. The molecule has 1 aromatic heterocycles. The van der Waals surface area contributed by atoms with Crippen molar-refractivity contribution in [2.45, 2.75) is 6.92 Å². The Morgan fingerprint density at radius 1 is 0.714 bits per heavy atom. The van der Waals surface area contributed by atoms with E-state index in [4.69, 9.17) is 0 Å². The molecule has 4 nitrogen and oxygen atoms in total. The van der Waals surface area contributed by atoms with E-state index in [9.17, 15) is 9.59 Å². The van der Waals surface area contributed by atoms with E-state index in [2.05, 4.69) is 5.10 Å². The molecular weight excluding hydrogens is 348 g/mol. The highest BCUT2D eigenvalue weighted by atomic mass is 16.1.